The zero-order chi connectivity index (χ0) is 14.8. The molecule has 0 bridgehead atoms. The Bertz CT molecular complexity index is 775. The van der Waals surface area contributed by atoms with Crippen LogP contribution in [0.15, 0.2) is 29.3 Å². The first kappa shape index (κ1) is 14.2. The lowest BCUT2D eigenvalue weighted by atomic mass is 10.0. The summed E-state index contributed by atoms with van der Waals surface area (Å²) in [6, 6.07) is 5.82. The van der Waals surface area contributed by atoms with Gasteiger partial charge in [0.15, 0.2) is 9.84 Å². The number of aromatic amines is 1. The minimum absolute atomic E-state index is 0.0419. The Labute approximate surface area is 116 Å². The summed E-state index contributed by atoms with van der Waals surface area (Å²) in [4.78, 5) is -0.0419. The molecule has 1 aromatic carbocycles. The minimum atomic E-state index is -3.41. The van der Waals surface area contributed by atoms with Crippen LogP contribution in [0, 0.1) is 17.1 Å². The molecule has 0 saturated carbocycles. The number of benzene rings is 1. The molecule has 0 fully saturated rings. The van der Waals surface area contributed by atoms with Gasteiger partial charge in [0, 0.05) is 11.8 Å². The van der Waals surface area contributed by atoms with Crippen LogP contribution >= 0.6 is 0 Å². The lowest BCUT2D eigenvalue weighted by Crippen LogP contribution is -2.01. The van der Waals surface area contributed by atoms with Gasteiger partial charge in [0.25, 0.3) is 0 Å². The van der Waals surface area contributed by atoms with Crippen LogP contribution in [0.1, 0.15) is 16.8 Å². The number of H-pyrrole nitrogens is 1. The zero-order valence-electron chi connectivity index (χ0n) is 10.7. The monoisotopic (exact) mass is 293 g/mol. The maximum absolute atomic E-state index is 13.8. The molecule has 0 saturated heterocycles. The summed E-state index contributed by atoms with van der Waals surface area (Å²) in [6.07, 6.45) is 3.38. The van der Waals surface area contributed by atoms with Gasteiger partial charge in [0.1, 0.15) is 17.6 Å². The van der Waals surface area contributed by atoms with Crippen molar-refractivity contribution in [2.75, 3.05) is 6.26 Å². The fourth-order valence-electron chi connectivity index (χ4n) is 1.83. The topological polar surface area (TPSA) is 86.6 Å². The van der Waals surface area contributed by atoms with Crippen molar-refractivity contribution in [3.05, 3.63) is 47.0 Å². The van der Waals surface area contributed by atoms with Crippen molar-refractivity contribution in [3.63, 3.8) is 0 Å². The highest BCUT2D eigenvalue weighted by molar-refractivity contribution is 7.90. The average Bonchev–Trinajstić information content (AvgIpc) is 2.83. The largest absolute Gasteiger partial charge is 0.268 e. The fourth-order valence-corrected chi connectivity index (χ4v) is 2.46. The molecule has 7 heteroatoms. The number of aromatic nitrogens is 2. The Hall–Kier alpha value is -2.20. The Morgan fingerprint density at radius 1 is 1.35 bits per heavy atom. The van der Waals surface area contributed by atoms with Crippen LogP contribution < -0.4 is 0 Å². The molecular weight excluding hydrogens is 281 g/mol. The highest BCUT2D eigenvalue weighted by atomic mass is 32.2. The van der Waals surface area contributed by atoms with Crippen LogP contribution in [0.4, 0.5) is 4.39 Å². The standard InChI is InChI=1S/C13H12FN3O2S/c1-20(18,19)11-5-4-9(12(14)6-11)2-3-10-8-16-17-13(10)7-15/h4-6,8H,2-3H2,1H3,(H,16,17). The molecule has 0 aliphatic carbocycles. The van der Waals surface area contributed by atoms with Gasteiger partial charge in [-0.2, -0.15) is 10.4 Å². The van der Waals surface area contributed by atoms with E-state index < -0.39 is 15.7 Å². The number of rotatable bonds is 4. The van der Waals surface area contributed by atoms with E-state index in [1.807, 2.05) is 6.07 Å². The van der Waals surface area contributed by atoms with Crippen molar-refractivity contribution in [1.29, 1.82) is 5.26 Å². The van der Waals surface area contributed by atoms with E-state index in [2.05, 4.69) is 10.2 Å². The first-order valence-electron chi connectivity index (χ1n) is 5.82. The van der Waals surface area contributed by atoms with Crippen LogP contribution in [0.25, 0.3) is 0 Å². The lowest BCUT2D eigenvalue weighted by Gasteiger charge is -2.05. The van der Waals surface area contributed by atoms with Crippen molar-refractivity contribution in [2.24, 2.45) is 0 Å². The van der Waals surface area contributed by atoms with E-state index >= 15 is 0 Å². The van der Waals surface area contributed by atoms with Gasteiger partial charge in [-0.05, 0) is 30.5 Å². The van der Waals surface area contributed by atoms with E-state index in [0.717, 1.165) is 12.3 Å². The Morgan fingerprint density at radius 3 is 2.65 bits per heavy atom. The van der Waals surface area contributed by atoms with E-state index in [0.29, 0.717) is 29.7 Å². The summed E-state index contributed by atoms with van der Waals surface area (Å²) >= 11 is 0. The van der Waals surface area contributed by atoms with Crippen molar-refractivity contribution >= 4 is 9.84 Å². The van der Waals surface area contributed by atoms with Gasteiger partial charge < -0.3 is 0 Å². The molecule has 1 aromatic heterocycles. The molecule has 0 unspecified atom stereocenters. The average molecular weight is 293 g/mol. The lowest BCUT2D eigenvalue weighted by molar-refractivity contribution is 0.590. The molecule has 5 nitrogen and oxygen atoms in total. The van der Waals surface area contributed by atoms with Crippen LogP contribution in [0.2, 0.25) is 0 Å². The molecule has 20 heavy (non-hydrogen) atoms. The number of nitrogens with zero attached hydrogens (tertiary/aromatic N) is 2. The molecule has 0 spiro atoms. The number of halogens is 1. The summed E-state index contributed by atoms with van der Waals surface area (Å²) in [5, 5.41) is 15.1. The molecular formula is C13H12FN3O2S. The number of sulfone groups is 1. The third kappa shape index (κ3) is 3.03. The van der Waals surface area contributed by atoms with E-state index in [4.69, 9.17) is 5.26 Å². The number of hydrogen-bond acceptors (Lipinski definition) is 4. The third-order valence-corrected chi connectivity index (χ3v) is 4.06. The zero-order valence-corrected chi connectivity index (χ0v) is 11.5. The molecule has 0 atom stereocenters. The first-order valence-corrected chi connectivity index (χ1v) is 7.72. The summed E-state index contributed by atoms with van der Waals surface area (Å²) in [5.41, 5.74) is 1.47. The molecule has 104 valence electrons. The summed E-state index contributed by atoms with van der Waals surface area (Å²) in [7, 11) is -3.41. The van der Waals surface area contributed by atoms with Crippen LogP contribution in [0.5, 0.6) is 0 Å². The molecule has 1 N–H and O–H groups in total. The number of aryl methyl sites for hydroxylation is 2. The normalized spacial score (nSPS) is 11.2. The summed E-state index contributed by atoms with van der Waals surface area (Å²) in [6.45, 7) is 0. The highest BCUT2D eigenvalue weighted by Crippen LogP contribution is 2.17. The van der Waals surface area contributed by atoms with Crippen LogP contribution in [-0.2, 0) is 22.7 Å². The number of nitriles is 1. The molecule has 0 radical (unpaired) electrons. The smallest absolute Gasteiger partial charge is 0.175 e. The van der Waals surface area contributed by atoms with E-state index in [9.17, 15) is 12.8 Å². The number of nitrogens with one attached hydrogen (secondary N) is 1. The van der Waals surface area contributed by atoms with Crippen molar-refractivity contribution in [3.8, 4) is 6.07 Å². The second kappa shape index (κ2) is 5.43. The third-order valence-electron chi connectivity index (χ3n) is 2.95. The van der Waals surface area contributed by atoms with Gasteiger partial charge in [0.05, 0.1) is 11.1 Å². The first-order chi connectivity index (χ1) is 9.41. The molecule has 0 amide bonds. The summed E-state index contributed by atoms with van der Waals surface area (Å²) in [5.74, 6) is -0.560. The van der Waals surface area contributed by atoms with Crippen molar-refractivity contribution in [2.45, 2.75) is 17.7 Å². The predicted octanol–water partition coefficient (Wildman–Crippen LogP) is 1.61. The van der Waals surface area contributed by atoms with Gasteiger partial charge >= 0.3 is 0 Å². The molecule has 0 aliphatic heterocycles. The molecule has 2 rings (SSSR count). The minimum Gasteiger partial charge on any atom is -0.268 e. The second-order valence-electron chi connectivity index (χ2n) is 4.41. The van der Waals surface area contributed by atoms with Crippen LogP contribution in [-0.4, -0.2) is 24.9 Å². The van der Waals surface area contributed by atoms with E-state index in [1.165, 1.54) is 18.3 Å². The summed E-state index contributed by atoms with van der Waals surface area (Å²) < 4.78 is 36.5. The highest BCUT2D eigenvalue weighted by Gasteiger charge is 2.12. The Kier molecular flexibility index (Phi) is 3.86. The quantitative estimate of drug-likeness (QED) is 0.927. The predicted molar refractivity (Wildman–Crippen MR) is 70.2 cm³/mol. The van der Waals surface area contributed by atoms with Crippen molar-refractivity contribution < 1.29 is 12.8 Å². The molecule has 2 aromatic rings. The van der Waals surface area contributed by atoms with Crippen molar-refractivity contribution in [1.82, 2.24) is 10.2 Å². The second-order valence-corrected chi connectivity index (χ2v) is 6.42. The van der Waals surface area contributed by atoms with E-state index in [1.54, 1.807) is 0 Å². The molecule has 1 heterocycles. The Balaban J connectivity index is 2.18. The van der Waals surface area contributed by atoms with Gasteiger partial charge in [-0.3, -0.25) is 5.10 Å². The SMILES string of the molecule is CS(=O)(=O)c1ccc(CCc2cn[nH]c2C#N)c(F)c1. The fraction of sp³-hybridized carbons (Fsp3) is 0.231. The van der Waals surface area contributed by atoms with Gasteiger partial charge in [-0.25, -0.2) is 12.8 Å². The van der Waals surface area contributed by atoms with Crippen LogP contribution in [0.3, 0.4) is 0 Å². The van der Waals surface area contributed by atoms with E-state index in [-0.39, 0.29) is 4.90 Å². The van der Waals surface area contributed by atoms with Gasteiger partial charge in [-0.1, -0.05) is 6.07 Å². The van der Waals surface area contributed by atoms with Gasteiger partial charge in [0.2, 0.25) is 0 Å². The maximum Gasteiger partial charge on any atom is 0.175 e. The van der Waals surface area contributed by atoms with Gasteiger partial charge in [-0.15, -0.1) is 0 Å². The maximum atomic E-state index is 13.8. The Morgan fingerprint density at radius 2 is 2.05 bits per heavy atom. The molecule has 0 aliphatic rings. The number of hydrogen-bond donors (Lipinski definition) is 1.